The first-order valence-corrected chi connectivity index (χ1v) is 6.65. The first-order chi connectivity index (χ1) is 9.40. The fraction of sp³-hybridized carbons (Fsp3) is 0.467. The number of rotatable bonds is 7. The minimum absolute atomic E-state index is 0.182. The zero-order valence-electron chi connectivity index (χ0n) is 12.0. The molecule has 5 heteroatoms. The van der Waals surface area contributed by atoms with E-state index in [0.717, 1.165) is 0 Å². The van der Waals surface area contributed by atoms with E-state index in [0.29, 0.717) is 12.2 Å². The van der Waals surface area contributed by atoms with Crippen molar-refractivity contribution in [1.82, 2.24) is 5.32 Å². The predicted octanol–water partition coefficient (Wildman–Crippen LogP) is 2.07. The van der Waals surface area contributed by atoms with Crippen LogP contribution in [0.4, 0.5) is 0 Å². The number of ether oxygens (including phenoxy) is 1. The van der Waals surface area contributed by atoms with Crippen LogP contribution in [-0.2, 0) is 9.59 Å². The monoisotopic (exact) mass is 279 g/mol. The molecular weight excluding hydrogens is 258 g/mol. The zero-order chi connectivity index (χ0) is 15.1. The lowest BCUT2D eigenvalue weighted by molar-refractivity contribution is -0.143. The molecule has 0 saturated heterocycles. The third kappa shape index (κ3) is 5.30. The largest absolute Gasteiger partial charge is 0.481 e. The number of amides is 1. The maximum atomic E-state index is 11.9. The molecule has 110 valence electrons. The molecule has 0 heterocycles. The minimum Gasteiger partial charge on any atom is -0.481 e. The summed E-state index contributed by atoms with van der Waals surface area (Å²) in [5, 5.41) is 11.6. The lowest BCUT2D eigenvalue weighted by Gasteiger charge is -2.20. The van der Waals surface area contributed by atoms with Gasteiger partial charge in [-0.1, -0.05) is 32.0 Å². The van der Waals surface area contributed by atoms with E-state index in [9.17, 15) is 9.59 Å². The minimum atomic E-state index is -1.03. The molecule has 0 radical (unpaired) electrons. The average molecular weight is 279 g/mol. The van der Waals surface area contributed by atoms with Crippen molar-refractivity contribution in [3.05, 3.63) is 30.3 Å². The summed E-state index contributed by atoms with van der Waals surface area (Å²) in [5.41, 5.74) is 0. The maximum absolute atomic E-state index is 11.9. The van der Waals surface area contributed by atoms with Gasteiger partial charge < -0.3 is 15.2 Å². The molecule has 0 aromatic heterocycles. The summed E-state index contributed by atoms with van der Waals surface area (Å²) in [7, 11) is 0. The van der Waals surface area contributed by atoms with Crippen LogP contribution in [0.3, 0.4) is 0 Å². The van der Waals surface area contributed by atoms with Crippen molar-refractivity contribution in [1.29, 1.82) is 0 Å². The standard InChI is InChI=1S/C15H21NO4/c1-10(2)9-13(15(18)19)16-14(17)11(3)20-12-7-5-4-6-8-12/h4-8,10-11,13H,9H2,1-3H3,(H,16,17)(H,18,19)/t11?,13-/m0/s1. The lowest BCUT2D eigenvalue weighted by atomic mass is 10.0. The molecule has 1 unspecified atom stereocenters. The summed E-state index contributed by atoms with van der Waals surface area (Å²) in [5.74, 6) is -0.700. The molecule has 5 nitrogen and oxygen atoms in total. The number of hydrogen-bond acceptors (Lipinski definition) is 3. The van der Waals surface area contributed by atoms with Gasteiger partial charge in [-0.3, -0.25) is 4.79 Å². The third-order valence-corrected chi connectivity index (χ3v) is 2.75. The van der Waals surface area contributed by atoms with Gasteiger partial charge in [-0.05, 0) is 31.4 Å². The average Bonchev–Trinajstić information content (AvgIpc) is 2.38. The Bertz CT molecular complexity index is 444. The van der Waals surface area contributed by atoms with Crippen LogP contribution in [-0.4, -0.2) is 29.1 Å². The number of carbonyl (C=O) groups is 2. The highest BCUT2D eigenvalue weighted by Gasteiger charge is 2.24. The van der Waals surface area contributed by atoms with Crippen LogP contribution in [0, 0.1) is 5.92 Å². The molecule has 1 aromatic carbocycles. The molecule has 0 aliphatic rings. The van der Waals surface area contributed by atoms with Crippen molar-refractivity contribution in [2.24, 2.45) is 5.92 Å². The van der Waals surface area contributed by atoms with E-state index in [1.54, 1.807) is 31.2 Å². The summed E-state index contributed by atoms with van der Waals surface area (Å²) in [6.45, 7) is 5.41. The first kappa shape index (κ1) is 16.0. The van der Waals surface area contributed by atoms with Crippen LogP contribution in [0.2, 0.25) is 0 Å². The Balaban J connectivity index is 2.57. The Morgan fingerprint density at radius 3 is 2.30 bits per heavy atom. The molecule has 0 fully saturated rings. The fourth-order valence-electron chi connectivity index (χ4n) is 1.74. The molecule has 0 aliphatic carbocycles. The molecule has 1 amide bonds. The molecule has 2 N–H and O–H groups in total. The number of carboxylic acid groups (broad SMARTS) is 1. The molecule has 1 aromatic rings. The Morgan fingerprint density at radius 2 is 1.80 bits per heavy atom. The molecule has 20 heavy (non-hydrogen) atoms. The van der Waals surface area contributed by atoms with Crippen LogP contribution >= 0.6 is 0 Å². The lowest BCUT2D eigenvalue weighted by Crippen LogP contribution is -2.46. The normalized spacial score (nSPS) is 13.6. The van der Waals surface area contributed by atoms with Crippen LogP contribution in [0.5, 0.6) is 5.75 Å². The molecule has 2 atom stereocenters. The van der Waals surface area contributed by atoms with Gasteiger partial charge in [-0.2, -0.15) is 0 Å². The Kier molecular flexibility index (Phi) is 6.03. The van der Waals surface area contributed by atoms with Crippen LogP contribution in [0.25, 0.3) is 0 Å². The SMILES string of the molecule is CC(C)C[C@H](NC(=O)C(C)Oc1ccccc1)C(=O)O. The van der Waals surface area contributed by atoms with E-state index < -0.39 is 24.0 Å². The van der Waals surface area contributed by atoms with Gasteiger partial charge in [-0.15, -0.1) is 0 Å². The summed E-state index contributed by atoms with van der Waals surface area (Å²) < 4.78 is 5.46. The number of nitrogens with one attached hydrogen (secondary N) is 1. The van der Waals surface area contributed by atoms with Gasteiger partial charge in [0.25, 0.3) is 5.91 Å². The summed E-state index contributed by atoms with van der Waals surface area (Å²) in [6, 6.07) is 8.06. The number of para-hydroxylation sites is 1. The Labute approximate surface area is 118 Å². The second-order valence-electron chi connectivity index (χ2n) is 5.10. The van der Waals surface area contributed by atoms with E-state index >= 15 is 0 Å². The first-order valence-electron chi connectivity index (χ1n) is 6.65. The van der Waals surface area contributed by atoms with Crippen LogP contribution < -0.4 is 10.1 Å². The van der Waals surface area contributed by atoms with Crippen molar-refractivity contribution >= 4 is 11.9 Å². The van der Waals surface area contributed by atoms with Crippen LogP contribution in [0.15, 0.2) is 30.3 Å². The van der Waals surface area contributed by atoms with E-state index in [2.05, 4.69) is 5.32 Å². The van der Waals surface area contributed by atoms with Gasteiger partial charge in [-0.25, -0.2) is 4.79 Å². The second kappa shape index (κ2) is 7.53. The molecule has 0 aliphatic heterocycles. The highest BCUT2D eigenvalue weighted by Crippen LogP contribution is 2.11. The maximum Gasteiger partial charge on any atom is 0.326 e. The third-order valence-electron chi connectivity index (χ3n) is 2.75. The van der Waals surface area contributed by atoms with E-state index in [4.69, 9.17) is 9.84 Å². The van der Waals surface area contributed by atoms with Gasteiger partial charge in [0.1, 0.15) is 11.8 Å². The summed E-state index contributed by atoms with van der Waals surface area (Å²) in [6.07, 6.45) is -0.356. The highest BCUT2D eigenvalue weighted by molar-refractivity contribution is 5.86. The quantitative estimate of drug-likeness (QED) is 0.801. The van der Waals surface area contributed by atoms with Gasteiger partial charge in [0.2, 0.25) is 0 Å². The molecule has 0 bridgehead atoms. The smallest absolute Gasteiger partial charge is 0.326 e. The van der Waals surface area contributed by atoms with Crippen molar-refractivity contribution in [2.45, 2.75) is 39.3 Å². The van der Waals surface area contributed by atoms with Crippen molar-refractivity contribution in [3.63, 3.8) is 0 Å². The molecule has 0 spiro atoms. The van der Waals surface area contributed by atoms with Gasteiger partial charge in [0.15, 0.2) is 6.10 Å². The van der Waals surface area contributed by atoms with E-state index in [1.165, 1.54) is 0 Å². The predicted molar refractivity (Wildman–Crippen MR) is 75.6 cm³/mol. The molecular formula is C15H21NO4. The van der Waals surface area contributed by atoms with Gasteiger partial charge in [0.05, 0.1) is 0 Å². The molecule has 1 rings (SSSR count). The topological polar surface area (TPSA) is 75.6 Å². The Morgan fingerprint density at radius 1 is 1.20 bits per heavy atom. The summed E-state index contributed by atoms with van der Waals surface area (Å²) in [4.78, 5) is 23.0. The Hall–Kier alpha value is -2.04. The number of carbonyl (C=O) groups excluding carboxylic acids is 1. The fourth-order valence-corrected chi connectivity index (χ4v) is 1.74. The van der Waals surface area contributed by atoms with E-state index in [1.807, 2.05) is 19.9 Å². The number of carboxylic acids is 1. The van der Waals surface area contributed by atoms with Crippen LogP contribution in [0.1, 0.15) is 27.2 Å². The second-order valence-corrected chi connectivity index (χ2v) is 5.10. The van der Waals surface area contributed by atoms with Crippen molar-refractivity contribution < 1.29 is 19.4 Å². The number of hydrogen-bond donors (Lipinski definition) is 2. The highest BCUT2D eigenvalue weighted by atomic mass is 16.5. The number of aliphatic carboxylic acids is 1. The van der Waals surface area contributed by atoms with Gasteiger partial charge in [0, 0.05) is 0 Å². The van der Waals surface area contributed by atoms with Gasteiger partial charge >= 0.3 is 5.97 Å². The summed E-state index contributed by atoms with van der Waals surface area (Å²) >= 11 is 0. The van der Waals surface area contributed by atoms with Crippen molar-refractivity contribution in [2.75, 3.05) is 0 Å². The zero-order valence-corrected chi connectivity index (χ0v) is 12.0. The number of benzene rings is 1. The molecule has 0 saturated carbocycles. The van der Waals surface area contributed by atoms with Crippen molar-refractivity contribution in [3.8, 4) is 5.75 Å². The van der Waals surface area contributed by atoms with E-state index in [-0.39, 0.29) is 5.92 Å².